The first kappa shape index (κ1) is 13.7. The van der Waals surface area contributed by atoms with Crippen LogP contribution in [0.4, 0.5) is 17.5 Å². The average Bonchev–Trinajstić information content (AvgIpc) is 2.84. The molecular weight excluding hydrogens is 339 g/mol. The fraction of sp³-hybridized carbons (Fsp3) is 0. The smallest absolute Gasteiger partial charge is 0.223 e. The van der Waals surface area contributed by atoms with Crippen molar-refractivity contribution >= 4 is 73.8 Å². The summed E-state index contributed by atoms with van der Waals surface area (Å²) >= 11 is 19.5. The molecular formula is C12H7Cl3N4S. The number of fused-ring (bicyclic) bond motifs is 1. The molecule has 0 saturated carbocycles. The van der Waals surface area contributed by atoms with Crippen molar-refractivity contribution < 1.29 is 0 Å². The molecule has 0 fully saturated rings. The van der Waals surface area contributed by atoms with Crippen LogP contribution < -0.4 is 11.1 Å². The van der Waals surface area contributed by atoms with E-state index in [1.807, 2.05) is 11.4 Å². The molecule has 0 atom stereocenters. The second-order valence-electron chi connectivity index (χ2n) is 3.94. The van der Waals surface area contributed by atoms with Gasteiger partial charge in [0.15, 0.2) is 0 Å². The Morgan fingerprint density at radius 1 is 1.05 bits per heavy atom. The predicted molar refractivity (Wildman–Crippen MR) is 86.6 cm³/mol. The summed E-state index contributed by atoms with van der Waals surface area (Å²) in [5, 5.41) is 7.14. The van der Waals surface area contributed by atoms with Crippen LogP contribution in [0.2, 0.25) is 15.1 Å². The second kappa shape index (κ2) is 5.26. The lowest BCUT2D eigenvalue weighted by Crippen LogP contribution is -2.00. The molecule has 0 aliphatic heterocycles. The van der Waals surface area contributed by atoms with E-state index in [1.54, 1.807) is 12.1 Å². The lowest BCUT2D eigenvalue weighted by Gasteiger charge is -2.10. The molecule has 3 rings (SSSR count). The molecule has 0 radical (unpaired) electrons. The first-order valence-electron chi connectivity index (χ1n) is 5.47. The lowest BCUT2D eigenvalue weighted by molar-refractivity contribution is 1.24. The van der Waals surface area contributed by atoms with Crippen LogP contribution in [0.1, 0.15) is 0 Å². The van der Waals surface area contributed by atoms with Crippen molar-refractivity contribution in [2.75, 3.05) is 11.1 Å². The molecule has 20 heavy (non-hydrogen) atoms. The quantitative estimate of drug-likeness (QED) is 0.643. The number of aromatic nitrogens is 2. The summed E-state index contributed by atoms with van der Waals surface area (Å²) in [4.78, 5) is 9.15. The number of hydrogen-bond acceptors (Lipinski definition) is 5. The Hall–Kier alpha value is -1.27. The number of nitrogens with one attached hydrogen (secondary N) is 1. The molecule has 2 aromatic heterocycles. The molecule has 2 heterocycles. The zero-order valence-electron chi connectivity index (χ0n) is 9.82. The fourth-order valence-corrected chi connectivity index (χ4v) is 3.08. The highest BCUT2D eigenvalue weighted by atomic mass is 35.5. The van der Waals surface area contributed by atoms with Crippen molar-refractivity contribution in [2.45, 2.75) is 0 Å². The topological polar surface area (TPSA) is 63.8 Å². The van der Waals surface area contributed by atoms with Crippen molar-refractivity contribution in [3.8, 4) is 0 Å². The number of rotatable bonds is 2. The van der Waals surface area contributed by atoms with E-state index >= 15 is 0 Å². The van der Waals surface area contributed by atoms with E-state index in [1.165, 1.54) is 11.3 Å². The van der Waals surface area contributed by atoms with Crippen LogP contribution in [0, 0.1) is 0 Å². The minimum absolute atomic E-state index is 0.193. The number of thiophene rings is 1. The highest BCUT2D eigenvalue weighted by Gasteiger charge is 2.11. The van der Waals surface area contributed by atoms with E-state index in [0.29, 0.717) is 26.6 Å². The molecule has 102 valence electrons. The molecule has 0 unspecified atom stereocenters. The van der Waals surface area contributed by atoms with Crippen molar-refractivity contribution in [1.29, 1.82) is 0 Å². The average molecular weight is 346 g/mol. The Balaban J connectivity index is 2.09. The first-order chi connectivity index (χ1) is 9.54. The number of nitrogens with two attached hydrogens (primary N) is 1. The van der Waals surface area contributed by atoms with Gasteiger partial charge in [0.25, 0.3) is 0 Å². The molecule has 0 saturated heterocycles. The molecule has 0 bridgehead atoms. The minimum Gasteiger partial charge on any atom is -0.368 e. The second-order valence-corrected chi connectivity index (χ2v) is 6.06. The monoisotopic (exact) mass is 344 g/mol. The SMILES string of the molecule is Nc1nc(Nc2cc(Cl)c(Cl)cc2Cl)c2ccsc2n1. The van der Waals surface area contributed by atoms with Crippen LogP contribution in [0.15, 0.2) is 23.6 Å². The first-order valence-corrected chi connectivity index (χ1v) is 7.48. The van der Waals surface area contributed by atoms with E-state index < -0.39 is 0 Å². The van der Waals surface area contributed by atoms with Gasteiger partial charge in [-0.3, -0.25) is 0 Å². The van der Waals surface area contributed by atoms with E-state index in [9.17, 15) is 0 Å². The Kier molecular flexibility index (Phi) is 3.60. The number of hydrogen-bond donors (Lipinski definition) is 2. The molecule has 0 aliphatic rings. The van der Waals surface area contributed by atoms with Crippen LogP contribution in [-0.2, 0) is 0 Å². The third kappa shape index (κ3) is 2.50. The number of nitrogen functional groups attached to an aromatic ring is 1. The Bertz CT molecular complexity index is 803. The van der Waals surface area contributed by atoms with Gasteiger partial charge in [0.1, 0.15) is 10.6 Å². The van der Waals surface area contributed by atoms with Crippen molar-refractivity contribution in [1.82, 2.24) is 9.97 Å². The van der Waals surface area contributed by atoms with Gasteiger partial charge in [0.05, 0.1) is 26.1 Å². The number of halogens is 3. The summed E-state index contributed by atoms with van der Waals surface area (Å²) in [5.41, 5.74) is 6.30. The van der Waals surface area contributed by atoms with Crippen molar-refractivity contribution in [2.24, 2.45) is 0 Å². The van der Waals surface area contributed by atoms with Crippen LogP contribution in [-0.4, -0.2) is 9.97 Å². The predicted octanol–water partition coefficient (Wildman–Crippen LogP) is 4.98. The molecule has 1 aromatic carbocycles. The molecule has 3 aromatic rings. The summed E-state index contributed by atoms with van der Waals surface area (Å²) in [6.07, 6.45) is 0. The van der Waals surface area contributed by atoms with Gasteiger partial charge in [-0.05, 0) is 23.6 Å². The lowest BCUT2D eigenvalue weighted by atomic mass is 10.3. The highest BCUT2D eigenvalue weighted by Crippen LogP contribution is 2.35. The van der Waals surface area contributed by atoms with Gasteiger partial charge in [0, 0.05) is 0 Å². The summed E-state index contributed by atoms with van der Waals surface area (Å²) < 4.78 is 0. The van der Waals surface area contributed by atoms with Crippen LogP contribution in [0.5, 0.6) is 0 Å². The van der Waals surface area contributed by atoms with Crippen molar-refractivity contribution in [3.05, 3.63) is 38.6 Å². The third-order valence-corrected chi connectivity index (χ3v) is 4.45. The van der Waals surface area contributed by atoms with E-state index in [-0.39, 0.29) is 5.95 Å². The zero-order chi connectivity index (χ0) is 14.3. The molecule has 0 amide bonds. The molecule has 8 heteroatoms. The Labute approximate surface area is 133 Å². The standard InChI is InChI=1S/C12H7Cl3N4S/c13-6-3-8(15)9(4-7(6)14)17-10-5-1-2-20-11(5)19-12(16)18-10/h1-4H,(H3,16,17,18,19). The van der Waals surface area contributed by atoms with Gasteiger partial charge in [-0.25, -0.2) is 4.98 Å². The van der Waals surface area contributed by atoms with Crippen LogP contribution >= 0.6 is 46.1 Å². The van der Waals surface area contributed by atoms with Gasteiger partial charge < -0.3 is 11.1 Å². The fourth-order valence-electron chi connectivity index (χ4n) is 1.71. The third-order valence-electron chi connectivity index (χ3n) is 2.61. The van der Waals surface area contributed by atoms with Gasteiger partial charge in [-0.2, -0.15) is 4.98 Å². The largest absolute Gasteiger partial charge is 0.368 e. The number of benzene rings is 1. The van der Waals surface area contributed by atoms with Gasteiger partial charge in [-0.15, -0.1) is 11.3 Å². The maximum Gasteiger partial charge on any atom is 0.223 e. The summed E-state index contributed by atoms with van der Waals surface area (Å²) in [6, 6.07) is 5.12. The Morgan fingerprint density at radius 3 is 2.60 bits per heavy atom. The summed E-state index contributed by atoms with van der Waals surface area (Å²) in [6.45, 7) is 0. The Morgan fingerprint density at radius 2 is 1.80 bits per heavy atom. The highest BCUT2D eigenvalue weighted by molar-refractivity contribution is 7.16. The normalized spacial score (nSPS) is 10.9. The summed E-state index contributed by atoms with van der Waals surface area (Å²) in [7, 11) is 0. The number of nitrogens with zero attached hydrogens (tertiary/aromatic N) is 2. The number of anilines is 3. The zero-order valence-corrected chi connectivity index (χ0v) is 12.9. The van der Waals surface area contributed by atoms with Crippen molar-refractivity contribution in [3.63, 3.8) is 0 Å². The minimum atomic E-state index is 0.193. The van der Waals surface area contributed by atoms with Gasteiger partial charge >= 0.3 is 0 Å². The van der Waals surface area contributed by atoms with Gasteiger partial charge in [-0.1, -0.05) is 34.8 Å². The summed E-state index contributed by atoms with van der Waals surface area (Å²) in [5.74, 6) is 0.771. The van der Waals surface area contributed by atoms with Crippen LogP contribution in [0.3, 0.4) is 0 Å². The maximum atomic E-state index is 6.14. The molecule has 4 nitrogen and oxygen atoms in total. The molecule has 3 N–H and O–H groups in total. The van der Waals surface area contributed by atoms with E-state index in [0.717, 1.165) is 10.2 Å². The molecule has 0 spiro atoms. The maximum absolute atomic E-state index is 6.14. The molecule has 0 aliphatic carbocycles. The van der Waals surface area contributed by atoms with E-state index in [4.69, 9.17) is 40.5 Å². The van der Waals surface area contributed by atoms with Crippen LogP contribution in [0.25, 0.3) is 10.2 Å². The van der Waals surface area contributed by atoms with Gasteiger partial charge in [0.2, 0.25) is 5.95 Å². The van der Waals surface area contributed by atoms with E-state index in [2.05, 4.69) is 15.3 Å².